The van der Waals surface area contributed by atoms with Crippen molar-refractivity contribution in [1.82, 2.24) is 0 Å². The van der Waals surface area contributed by atoms with E-state index < -0.39 is 157 Å². The number of phenolic OH excluding ortho intramolecular Hbond substituents is 3. The summed E-state index contributed by atoms with van der Waals surface area (Å²) in [6, 6.07) is 6.73. The second kappa shape index (κ2) is 19.4. The third-order valence-electron chi connectivity index (χ3n) is 10.3. The normalized spacial score (nSPS) is 31.7. The van der Waals surface area contributed by atoms with Crippen LogP contribution in [0.15, 0.2) is 60.9 Å². The van der Waals surface area contributed by atoms with Gasteiger partial charge in [0.05, 0.1) is 25.0 Å². The number of aliphatic hydroxyl groups is 4. The van der Waals surface area contributed by atoms with Crippen molar-refractivity contribution in [2.45, 2.75) is 88.0 Å². The molecule has 0 amide bonds. The molecule has 4 aliphatic heterocycles. The highest BCUT2D eigenvalue weighted by atomic mass is 16.8. The molecule has 2 aromatic rings. The maximum atomic E-state index is 14.1. The zero-order chi connectivity index (χ0) is 45.0. The first-order valence-electron chi connectivity index (χ1n) is 19.0. The standard InChI is InChI=1S/C40H44O22/c1-4-18-19-11-12-53-35(50)22(19)14-55-38(18)62-40-34(56-17(3)43)33(61-36(51)20-7-5-9-23(44)27(20)45)32(26(59-40)15-54-16(2)42)60-37(52)21-8-6-10-24(28(21)46)57-39-31(49)30(48)29(47)25(13-41)58-39/h4-10,14,18-19,25-26,29-34,38-41,44-49H,1,11-13,15H2,2-3H3/t18-,19+,25-,26-,29-,30+,31-,32-,33+,34-,38-,39-,40+/m1/s1. The zero-order valence-electron chi connectivity index (χ0n) is 32.9. The van der Waals surface area contributed by atoms with Gasteiger partial charge in [-0.2, -0.15) is 0 Å². The Morgan fingerprint density at radius 3 is 2.11 bits per heavy atom. The van der Waals surface area contributed by atoms with Gasteiger partial charge in [-0.3, -0.25) is 9.59 Å². The Labute approximate surface area is 351 Å². The molecule has 3 fully saturated rings. The lowest BCUT2D eigenvalue weighted by molar-refractivity contribution is -0.339. The van der Waals surface area contributed by atoms with E-state index in [1.807, 2.05) is 0 Å². The van der Waals surface area contributed by atoms with Crippen LogP contribution in [-0.4, -0.2) is 153 Å². The number of rotatable bonds is 13. The lowest BCUT2D eigenvalue weighted by Gasteiger charge is -2.46. The maximum absolute atomic E-state index is 14.1. The molecule has 22 heteroatoms. The van der Waals surface area contributed by atoms with Crippen molar-refractivity contribution in [2.75, 3.05) is 19.8 Å². The van der Waals surface area contributed by atoms with Gasteiger partial charge in [0.2, 0.25) is 18.9 Å². The monoisotopic (exact) mass is 876 g/mol. The predicted octanol–water partition coefficient (Wildman–Crippen LogP) is -0.425. The molecule has 4 aliphatic rings. The van der Waals surface area contributed by atoms with Gasteiger partial charge < -0.3 is 83.1 Å². The molecule has 0 unspecified atom stereocenters. The summed E-state index contributed by atoms with van der Waals surface area (Å²) in [6.45, 7) is 4.40. The number of aromatic hydroxyl groups is 3. The van der Waals surface area contributed by atoms with Crippen LogP contribution >= 0.6 is 0 Å². The van der Waals surface area contributed by atoms with Crippen LogP contribution in [0, 0.1) is 11.8 Å². The summed E-state index contributed by atoms with van der Waals surface area (Å²) in [7, 11) is 0. The van der Waals surface area contributed by atoms with Gasteiger partial charge in [-0.25, -0.2) is 14.4 Å². The van der Waals surface area contributed by atoms with E-state index >= 15 is 0 Å². The van der Waals surface area contributed by atoms with Crippen molar-refractivity contribution >= 4 is 29.8 Å². The first kappa shape index (κ1) is 45.5. The van der Waals surface area contributed by atoms with Crippen LogP contribution in [0.4, 0.5) is 0 Å². The molecule has 0 saturated carbocycles. The quantitative estimate of drug-likeness (QED) is 0.0581. The van der Waals surface area contributed by atoms with Crippen LogP contribution in [0.2, 0.25) is 0 Å². The van der Waals surface area contributed by atoms with Crippen molar-refractivity contribution in [3.8, 4) is 23.0 Å². The van der Waals surface area contributed by atoms with Crippen molar-refractivity contribution in [1.29, 1.82) is 0 Å². The molecular formula is C40H44O22. The Morgan fingerprint density at radius 1 is 0.790 bits per heavy atom. The average molecular weight is 877 g/mol. The van der Waals surface area contributed by atoms with Crippen LogP contribution in [0.5, 0.6) is 23.0 Å². The van der Waals surface area contributed by atoms with E-state index in [1.165, 1.54) is 18.2 Å². The van der Waals surface area contributed by atoms with E-state index in [0.29, 0.717) is 6.42 Å². The Kier molecular flexibility index (Phi) is 14.2. The minimum Gasteiger partial charge on any atom is -0.504 e. The highest BCUT2D eigenvalue weighted by molar-refractivity contribution is 5.94. The van der Waals surface area contributed by atoms with E-state index in [2.05, 4.69) is 6.58 Å². The molecule has 4 heterocycles. The number of esters is 5. The third-order valence-corrected chi connectivity index (χ3v) is 10.3. The number of phenols is 3. The molecule has 62 heavy (non-hydrogen) atoms. The van der Waals surface area contributed by atoms with Gasteiger partial charge in [0, 0.05) is 25.7 Å². The van der Waals surface area contributed by atoms with Crippen molar-refractivity contribution in [3.05, 3.63) is 72.0 Å². The molecule has 0 aromatic heterocycles. The van der Waals surface area contributed by atoms with Crippen molar-refractivity contribution in [3.63, 3.8) is 0 Å². The molecule has 3 saturated heterocycles. The first-order valence-corrected chi connectivity index (χ1v) is 19.0. The first-order chi connectivity index (χ1) is 29.5. The Hall–Kier alpha value is -6.01. The van der Waals surface area contributed by atoms with Gasteiger partial charge in [-0.05, 0) is 30.7 Å². The molecule has 0 aliphatic carbocycles. The van der Waals surface area contributed by atoms with Gasteiger partial charge in [-0.15, -0.1) is 6.58 Å². The molecule has 336 valence electrons. The fourth-order valence-electron chi connectivity index (χ4n) is 7.21. The number of hydrogen-bond acceptors (Lipinski definition) is 22. The van der Waals surface area contributed by atoms with E-state index in [0.717, 1.165) is 44.4 Å². The molecule has 22 nitrogen and oxygen atoms in total. The lowest BCUT2D eigenvalue weighted by atomic mass is 9.81. The molecular weight excluding hydrogens is 832 g/mol. The van der Waals surface area contributed by atoms with E-state index in [4.69, 9.17) is 47.4 Å². The number of cyclic esters (lactones) is 1. The van der Waals surface area contributed by atoms with E-state index in [1.54, 1.807) is 0 Å². The Bertz CT molecular complexity index is 2050. The largest absolute Gasteiger partial charge is 0.504 e. The van der Waals surface area contributed by atoms with Gasteiger partial charge in [-0.1, -0.05) is 18.2 Å². The predicted molar refractivity (Wildman–Crippen MR) is 198 cm³/mol. The number of para-hydroxylation sites is 2. The van der Waals surface area contributed by atoms with E-state index in [9.17, 15) is 59.7 Å². The minimum absolute atomic E-state index is 0.0731. The van der Waals surface area contributed by atoms with Crippen LogP contribution in [0.25, 0.3) is 0 Å². The SMILES string of the molecule is C=C[C@H]1[C@@H](O[C@@H]2O[C@H](COC(C)=O)[C@@H](OC(=O)c3cccc(O[C@@H]4O[C@H](CO)[C@@H](O)[C@H](O)[C@H]4O)c3O)[C@H](OC(=O)c3cccc(O)c3O)[C@H]2OC(C)=O)OC=C2C(=O)OCC[C@H]21. The van der Waals surface area contributed by atoms with Crippen LogP contribution in [0.3, 0.4) is 0 Å². The summed E-state index contributed by atoms with van der Waals surface area (Å²) >= 11 is 0. The smallest absolute Gasteiger partial charge is 0.342 e. The van der Waals surface area contributed by atoms with Crippen molar-refractivity contribution < 1.29 is 107 Å². The summed E-state index contributed by atoms with van der Waals surface area (Å²) in [5, 5.41) is 72.4. The summed E-state index contributed by atoms with van der Waals surface area (Å²) in [4.78, 5) is 65.2. The number of aliphatic hydroxyl groups excluding tert-OH is 4. The van der Waals surface area contributed by atoms with Crippen LogP contribution in [0.1, 0.15) is 41.0 Å². The molecule has 2 aromatic carbocycles. The number of benzene rings is 2. The molecule has 0 bridgehead atoms. The fourth-order valence-corrected chi connectivity index (χ4v) is 7.21. The number of fused-ring (bicyclic) bond motifs is 1. The maximum Gasteiger partial charge on any atom is 0.342 e. The van der Waals surface area contributed by atoms with Crippen LogP contribution in [-0.2, 0) is 57.0 Å². The summed E-state index contributed by atoms with van der Waals surface area (Å²) in [5.41, 5.74) is -1.04. The molecule has 13 atom stereocenters. The summed E-state index contributed by atoms with van der Waals surface area (Å²) in [5.74, 6) is -9.58. The van der Waals surface area contributed by atoms with Crippen molar-refractivity contribution in [2.24, 2.45) is 11.8 Å². The topological polar surface area (TPSA) is 319 Å². The Morgan fingerprint density at radius 2 is 1.45 bits per heavy atom. The minimum atomic E-state index is -1.99. The average Bonchev–Trinajstić information content (AvgIpc) is 3.23. The summed E-state index contributed by atoms with van der Waals surface area (Å²) < 4.78 is 56.6. The van der Waals surface area contributed by atoms with E-state index in [-0.39, 0.29) is 12.2 Å². The second-order valence-corrected chi connectivity index (χ2v) is 14.4. The van der Waals surface area contributed by atoms with Gasteiger partial charge in [0.1, 0.15) is 48.3 Å². The number of hydrogen-bond donors (Lipinski definition) is 7. The number of carbonyl (C=O) groups is 5. The fraction of sp³-hybridized carbons (Fsp3) is 0.475. The molecule has 0 spiro atoms. The highest BCUT2D eigenvalue weighted by Gasteiger charge is 2.55. The number of carbonyl (C=O) groups excluding carboxylic acids is 5. The molecule has 0 radical (unpaired) electrons. The second-order valence-electron chi connectivity index (χ2n) is 14.4. The summed E-state index contributed by atoms with van der Waals surface area (Å²) in [6.07, 6.45) is -16.3. The highest BCUT2D eigenvalue weighted by Crippen LogP contribution is 2.41. The Balaban J connectivity index is 1.37. The van der Waals surface area contributed by atoms with Crippen LogP contribution < -0.4 is 4.74 Å². The van der Waals surface area contributed by atoms with Gasteiger partial charge in [0.15, 0.2) is 41.3 Å². The molecule has 6 rings (SSSR count). The number of ether oxygens (including phenoxy) is 10. The zero-order valence-corrected chi connectivity index (χ0v) is 32.9. The molecule has 7 N–H and O–H groups in total. The van der Waals surface area contributed by atoms with Gasteiger partial charge in [0.25, 0.3) is 0 Å². The lowest BCUT2D eigenvalue weighted by Crippen LogP contribution is -2.64. The third kappa shape index (κ3) is 9.55. The van der Waals surface area contributed by atoms with Gasteiger partial charge >= 0.3 is 29.8 Å².